The quantitative estimate of drug-likeness (QED) is 0.413. The van der Waals surface area contributed by atoms with Gasteiger partial charge in [0.05, 0.1) is 30.6 Å². The zero-order valence-electron chi connectivity index (χ0n) is 21.5. The van der Waals surface area contributed by atoms with E-state index in [2.05, 4.69) is 15.9 Å². The number of benzene rings is 3. The molecule has 0 N–H and O–H groups in total. The number of carbonyl (C=O) groups excluding carboxylic acids is 1. The largest absolute Gasteiger partial charge is 0.496 e. The molecule has 5 rings (SSSR count). The maximum atomic E-state index is 13.4. The fourth-order valence-electron chi connectivity index (χ4n) is 5.00. The molecule has 38 heavy (non-hydrogen) atoms. The number of esters is 1. The van der Waals surface area contributed by atoms with E-state index in [1.807, 2.05) is 30.3 Å². The third-order valence-corrected chi connectivity index (χ3v) is 8.92. The van der Waals surface area contributed by atoms with Gasteiger partial charge in [0.2, 0.25) is 0 Å². The number of hydrogen-bond donors (Lipinski definition) is 0. The SMILES string of the molecule is COC(=O)c1cc(C)c2c(c1)S(=O)(=O)Cc1cc(N3CCN(Cc4ccccc4OC)CC3)cc(Cl)c1O2. The van der Waals surface area contributed by atoms with Crippen LogP contribution in [-0.4, -0.2) is 59.7 Å². The highest BCUT2D eigenvalue weighted by atomic mass is 35.5. The second-order valence-corrected chi connectivity index (χ2v) is 11.8. The van der Waals surface area contributed by atoms with Gasteiger partial charge in [-0.15, -0.1) is 0 Å². The van der Waals surface area contributed by atoms with Crippen LogP contribution < -0.4 is 14.4 Å². The highest BCUT2D eigenvalue weighted by molar-refractivity contribution is 7.90. The van der Waals surface area contributed by atoms with Crippen molar-refractivity contribution in [3.63, 3.8) is 0 Å². The number of nitrogens with zero attached hydrogens (tertiary/aromatic N) is 2. The molecule has 0 unspecified atom stereocenters. The first-order chi connectivity index (χ1) is 18.2. The minimum atomic E-state index is -3.82. The predicted octanol–water partition coefficient (Wildman–Crippen LogP) is 4.85. The van der Waals surface area contributed by atoms with Gasteiger partial charge >= 0.3 is 5.97 Å². The van der Waals surface area contributed by atoms with Gasteiger partial charge in [-0.2, -0.15) is 0 Å². The van der Waals surface area contributed by atoms with Crippen LogP contribution in [0.1, 0.15) is 27.0 Å². The Balaban J connectivity index is 1.38. The lowest BCUT2D eigenvalue weighted by atomic mass is 10.1. The molecular formula is C28H29ClN2O6S. The number of methoxy groups -OCH3 is 2. The summed E-state index contributed by atoms with van der Waals surface area (Å²) in [5.41, 5.74) is 3.14. The Morgan fingerprint density at radius 2 is 1.76 bits per heavy atom. The minimum Gasteiger partial charge on any atom is -0.496 e. The van der Waals surface area contributed by atoms with Gasteiger partial charge in [-0.25, -0.2) is 13.2 Å². The van der Waals surface area contributed by atoms with Gasteiger partial charge in [-0.1, -0.05) is 29.8 Å². The number of aryl methyl sites for hydroxylation is 1. The number of anilines is 1. The minimum absolute atomic E-state index is 0.0447. The van der Waals surface area contributed by atoms with Crippen LogP contribution in [0, 0.1) is 6.92 Å². The molecule has 0 spiro atoms. The molecule has 1 saturated heterocycles. The van der Waals surface area contributed by atoms with Crippen molar-refractivity contribution >= 4 is 33.1 Å². The first-order valence-electron chi connectivity index (χ1n) is 12.3. The molecule has 8 nitrogen and oxygen atoms in total. The number of piperazine rings is 1. The zero-order chi connectivity index (χ0) is 27.0. The molecular weight excluding hydrogens is 528 g/mol. The summed E-state index contributed by atoms with van der Waals surface area (Å²) in [6, 6.07) is 14.6. The van der Waals surface area contributed by atoms with Gasteiger partial charge in [-0.3, -0.25) is 4.90 Å². The van der Waals surface area contributed by atoms with E-state index < -0.39 is 15.8 Å². The van der Waals surface area contributed by atoms with E-state index >= 15 is 0 Å². The average Bonchev–Trinajstić information content (AvgIpc) is 3.02. The van der Waals surface area contributed by atoms with Crippen molar-refractivity contribution in [2.24, 2.45) is 0 Å². The molecule has 0 radical (unpaired) electrons. The van der Waals surface area contributed by atoms with Crippen LogP contribution in [0.3, 0.4) is 0 Å². The van der Waals surface area contributed by atoms with E-state index in [1.165, 1.54) is 13.2 Å². The highest BCUT2D eigenvalue weighted by Gasteiger charge is 2.32. The molecule has 2 aliphatic rings. The number of ether oxygens (including phenoxy) is 3. The first-order valence-corrected chi connectivity index (χ1v) is 14.3. The third kappa shape index (κ3) is 5.06. The fraction of sp³-hybridized carbons (Fsp3) is 0.321. The topological polar surface area (TPSA) is 85.4 Å². The molecule has 0 aliphatic carbocycles. The van der Waals surface area contributed by atoms with Crippen molar-refractivity contribution in [3.05, 3.63) is 75.8 Å². The van der Waals surface area contributed by atoms with Crippen LogP contribution in [0.15, 0.2) is 53.4 Å². The normalized spacial score (nSPS) is 16.6. The average molecular weight is 557 g/mol. The number of rotatable bonds is 5. The molecule has 0 amide bonds. The number of para-hydroxylation sites is 1. The predicted molar refractivity (Wildman–Crippen MR) is 145 cm³/mol. The second-order valence-electron chi connectivity index (χ2n) is 9.46. The van der Waals surface area contributed by atoms with Crippen LogP contribution in [0.4, 0.5) is 5.69 Å². The van der Waals surface area contributed by atoms with Crippen molar-refractivity contribution in [3.8, 4) is 17.2 Å². The summed E-state index contributed by atoms with van der Waals surface area (Å²) in [5, 5.41) is 0.341. The first kappa shape index (κ1) is 26.3. The Bertz CT molecular complexity index is 1500. The molecule has 0 saturated carbocycles. The third-order valence-electron chi connectivity index (χ3n) is 6.98. The molecule has 2 heterocycles. The molecule has 0 bridgehead atoms. The zero-order valence-corrected chi connectivity index (χ0v) is 23.1. The maximum absolute atomic E-state index is 13.4. The standard InChI is InChI=1S/C28H29ClN2O6S/c1-18-12-20(28(32)36-3)14-25-26(18)37-27-21(17-38(25,33)34)13-22(15-23(27)29)31-10-8-30(9-11-31)16-19-6-4-5-7-24(19)35-2/h4-7,12-15H,8-11,16-17H2,1-3H3. The van der Waals surface area contributed by atoms with Crippen molar-refractivity contribution in [2.45, 2.75) is 24.1 Å². The molecule has 1 fully saturated rings. The molecule has 2 aliphatic heterocycles. The van der Waals surface area contributed by atoms with Gasteiger partial charge in [-0.05, 0) is 42.8 Å². The van der Waals surface area contributed by atoms with E-state index in [9.17, 15) is 13.2 Å². The second kappa shape index (κ2) is 10.5. The molecule has 3 aromatic carbocycles. The van der Waals surface area contributed by atoms with Crippen LogP contribution in [0.5, 0.6) is 17.2 Å². The molecule has 200 valence electrons. The number of hydrogen-bond acceptors (Lipinski definition) is 8. The number of halogens is 1. The summed E-state index contributed by atoms with van der Waals surface area (Å²) in [7, 11) is -0.888. The number of carbonyl (C=O) groups is 1. The lowest BCUT2D eigenvalue weighted by molar-refractivity contribution is 0.0600. The van der Waals surface area contributed by atoms with Gasteiger partial charge in [0, 0.05) is 49.5 Å². The van der Waals surface area contributed by atoms with Gasteiger partial charge in [0.15, 0.2) is 9.84 Å². The van der Waals surface area contributed by atoms with Crippen LogP contribution in [0.25, 0.3) is 0 Å². The van der Waals surface area contributed by atoms with Crippen molar-refractivity contribution in [2.75, 3.05) is 45.3 Å². The lowest BCUT2D eigenvalue weighted by Crippen LogP contribution is -2.46. The Kier molecular flexibility index (Phi) is 7.26. The molecule has 0 atom stereocenters. The number of sulfone groups is 1. The van der Waals surface area contributed by atoms with Gasteiger partial charge in [0.25, 0.3) is 0 Å². The Morgan fingerprint density at radius 3 is 2.47 bits per heavy atom. The summed E-state index contributed by atoms with van der Waals surface area (Å²) in [4.78, 5) is 16.6. The van der Waals surface area contributed by atoms with E-state index in [-0.39, 0.29) is 22.0 Å². The Labute approximate surface area is 227 Å². The summed E-state index contributed by atoms with van der Waals surface area (Å²) >= 11 is 6.68. The fourth-order valence-corrected chi connectivity index (χ4v) is 6.84. The van der Waals surface area contributed by atoms with Crippen LogP contribution in [0.2, 0.25) is 5.02 Å². The molecule has 10 heteroatoms. The number of fused-ring (bicyclic) bond motifs is 2. The summed E-state index contributed by atoms with van der Waals surface area (Å²) < 4.78 is 43.3. The van der Waals surface area contributed by atoms with E-state index in [4.69, 9.17) is 25.8 Å². The highest BCUT2D eigenvalue weighted by Crippen LogP contribution is 2.45. The lowest BCUT2D eigenvalue weighted by Gasteiger charge is -2.36. The maximum Gasteiger partial charge on any atom is 0.337 e. The van der Waals surface area contributed by atoms with Gasteiger partial charge in [0.1, 0.15) is 22.1 Å². The summed E-state index contributed by atoms with van der Waals surface area (Å²) in [6.45, 7) is 5.68. The summed E-state index contributed by atoms with van der Waals surface area (Å²) in [5.74, 6) is 0.472. The summed E-state index contributed by atoms with van der Waals surface area (Å²) in [6.07, 6.45) is 0. The van der Waals surface area contributed by atoms with Crippen LogP contribution in [-0.2, 0) is 26.9 Å². The van der Waals surface area contributed by atoms with Crippen molar-refractivity contribution < 1.29 is 27.4 Å². The van der Waals surface area contributed by atoms with E-state index in [1.54, 1.807) is 20.1 Å². The molecule has 3 aromatic rings. The van der Waals surface area contributed by atoms with Crippen molar-refractivity contribution in [1.82, 2.24) is 4.90 Å². The smallest absolute Gasteiger partial charge is 0.337 e. The van der Waals surface area contributed by atoms with Crippen LogP contribution >= 0.6 is 11.6 Å². The monoisotopic (exact) mass is 556 g/mol. The van der Waals surface area contributed by atoms with Gasteiger partial charge < -0.3 is 19.1 Å². The van der Waals surface area contributed by atoms with E-state index in [0.29, 0.717) is 21.9 Å². The van der Waals surface area contributed by atoms with E-state index in [0.717, 1.165) is 49.7 Å². The molecule has 0 aromatic heterocycles. The Morgan fingerprint density at radius 1 is 1.03 bits per heavy atom. The Hall–Kier alpha value is -3.27. The van der Waals surface area contributed by atoms with Crippen molar-refractivity contribution in [1.29, 1.82) is 0 Å².